The summed E-state index contributed by atoms with van der Waals surface area (Å²) in [6.07, 6.45) is 10.2. The summed E-state index contributed by atoms with van der Waals surface area (Å²) in [6, 6.07) is 7.85. The van der Waals surface area contributed by atoms with Gasteiger partial charge in [-0.3, -0.25) is 9.59 Å². The molecule has 43 heavy (non-hydrogen) atoms. The number of nitrogens with one attached hydrogen (secondary N) is 1. The smallest absolute Gasteiger partial charge is 0.410 e. The minimum absolute atomic E-state index is 0.0552. The standard InChI is InChI=1S/C33H45N5O5/c1-33(2,3)43-32(42)37-16-14-27(15-17-37)38(26-12-13-26)31(41)25-20-35-30(36-21-25)23-10-8-22(9-11-23)18-29(40)34-19-24-6-4-5-7-28(24)39/h8-11,20-21,24,26-28,39H,4-7,12-19H2,1-3H3,(H,34,40). The molecule has 2 unspecified atom stereocenters. The zero-order chi connectivity index (χ0) is 30.6. The van der Waals surface area contributed by atoms with Gasteiger partial charge >= 0.3 is 6.09 Å². The maximum atomic E-state index is 13.6. The van der Waals surface area contributed by atoms with Crippen LogP contribution in [0.4, 0.5) is 4.79 Å². The van der Waals surface area contributed by atoms with Gasteiger partial charge in [0.2, 0.25) is 5.91 Å². The zero-order valence-electron chi connectivity index (χ0n) is 25.6. The van der Waals surface area contributed by atoms with Crippen molar-refractivity contribution in [1.29, 1.82) is 0 Å². The maximum Gasteiger partial charge on any atom is 0.410 e. The fourth-order valence-electron chi connectivity index (χ4n) is 6.06. The molecule has 5 rings (SSSR count). The van der Waals surface area contributed by atoms with Crippen LogP contribution >= 0.6 is 0 Å². The molecule has 10 nitrogen and oxygen atoms in total. The second-order valence-corrected chi connectivity index (χ2v) is 13.2. The Bertz CT molecular complexity index is 1260. The average Bonchev–Trinajstić information content (AvgIpc) is 3.82. The van der Waals surface area contributed by atoms with Gasteiger partial charge in [0.1, 0.15) is 5.60 Å². The van der Waals surface area contributed by atoms with Gasteiger partial charge in [0, 0.05) is 55.6 Å². The predicted molar refractivity (Wildman–Crippen MR) is 162 cm³/mol. The van der Waals surface area contributed by atoms with E-state index >= 15 is 0 Å². The van der Waals surface area contributed by atoms with Crippen molar-refractivity contribution < 1.29 is 24.2 Å². The van der Waals surface area contributed by atoms with Crippen LogP contribution in [0, 0.1) is 5.92 Å². The number of carbonyl (C=O) groups excluding carboxylic acids is 3. The van der Waals surface area contributed by atoms with Crippen molar-refractivity contribution in [2.75, 3.05) is 19.6 Å². The largest absolute Gasteiger partial charge is 0.444 e. The lowest BCUT2D eigenvalue weighted by Gasteiger charge is -2.39. The van der Waals surface area contributed by atoms with Crippen LogP contribution in [0.15, 0.2) is 36.7 Å². The number of rotatable bonds is 8. The van der Waals surface area contributed by atoms with Crippen LogP contribution in [-0.4, -0.2) is 86.2 Å². The zero-order valence-corrected chi connectivity index (χ0v) is 25.6. The van der Waals surface area contributed by atoms with Gasteiger partial charge in [0.15, 0.2) is 5.82 Å². The maximum absolute atomic E-state index is 13.6. The summed E-state index contributed by atoms with van der Waals surface area (Å²) in [5, 5.41) is 13.1. The quantitative estimate of drug-likeness (QED) is 0.467. The Hall–Kier alpha value is -3.53. The number of aromatic nitrogens is 2. The van der Waals surface area contributed by atoms with Gasteiger partial charge in [-0.25, -0.2) is 14.8 Å². The van der Waals surface area contributed by atoms with Crippen LogP contribution < -0.4 is 5.32 Å². The number of amides is 3. The van der Waals surface area contributed by atoms with Gasteiger partial charge < -0.3 is 25.0 Å². The third-order valence-corrected chi connectivity index (χ3v) is 8.59. The summed E-state index contributed by atoms with van der Waals surface area (Å²) >= 11 is 0. The van der Waals surface area contributed by atoms with Crippen LogP contribution in [-0.2, 0) is 16.0 Å². The third kappa shape index (κ3) is 8.31. The van der Waals surface area contributed by atoms with Crippen molar-refractivity contribution in [3.05, 3.63) is 47.8 Å². The van der Waals surface area contributed by atoms with Gasteiger partial charge in [0.25, 0.3) is 5.91 Å². The highest BCUT2D eigenvalue weighted by Crippen LogP contribution is 2.33. The molecule has 1 aromatic heterocycles. The highest BCUT2D eigenvalue weighted by molar-refractivity contribution is 5.94. The minimum atomic E-state index is -0.533. The van der Waals surface area contributed by atoms with E-state index in [1.807, 2.05) is 49.9 Å². The van der Waals surface area contributed by atoms with Crippen molar-refractivity contribution >= 4 is 17.9 Å². The molecular weight excluding hydrogens is 546 g/mol. The summed E-state index contributed by atoms with van der Waals surface area (Å²) in [5.41, 5.74) is 1.62. The molecule has 232 valence electrons. The number of benzene rings is 1. The highest BCUT2D eigenvalue weighted by Gasteiger charge is 2.40. The molecule has 10 heteroatoms. The van der Waals surface area contributed by atoms with Crippen molar-refractivity contribution in [2.24, 2.45) is 5.92 Å². The molecule has 2 saturated carbocycles. The summed E-state index contributed by atoms with van der Waals surface area (Å²) in [6.45, 7) is 7.23. The highest BCUT2D eigenvalue weighted by atomic mass is 16.6. The second kappa shape index (κ2) is 13.4. The van der Waals surface area contributed by atoms with E-state index < -0.39 is 5.60 Å². The van der Waals surface area contributed by atoms with Crippen molar-refractivity contribution in [3.63, 3.8) is 0 Å². The summed E-state index contributed by atoms with van der Waals surface area (Å²) in [4.78, 5) is 51.2. The van der Waals surface area contributed by atoms with Crippen molar-refractivity contribution in [3.8, 4) is 11.4 Å². The summed E-state index contributed by atoms with van der Waals surface area (Å²) in [5.74, 6) is 0.537. The lowest BCUT2D eigenvalue weighted by Crippen LogP contribution is -2.50. The second-order valence-electron chi connectivity index (χ2n) is 13.2. The molecule has 2 aliphatic carbocycles. The molecule has 3 aliphatic rings. The van der Waals surface area contributed by atoms with E-state index in [2.05, 4.69) is 15.3 Å². The molecule has 2 N–H and O–H groups in total. The molecular formula is C33H45N5O5. The summed E-state index contributed by atoms with van der Waals surface area (Å²) in [7, 11) is 0. The Labute approximate surface area is 254 Å². The van der Waals surface area contributed by atoms with Crippen LogP contribution in [0.3, 0.4) is 0 Å². The van der Waals surface area contributed by atoms with E-state index in [-0.39, 0.29) is 48.4 Å². The molecule has 3 amide bonds. The molecule has 0 radical (unpaired) electrons. The Morgan fingerprint density at radius 3 is 2.19 bits per heavy atom. The van der Waals surface area contributed by atoms with Crippen molar-refractivity contribution in [2.45, 2.75) is 102 Å². The number of nitrogens with zero attached hydrogens (tertiary/aromatic N) is 4. The first-order valence-corrected chi connectivity index (χ1v) is 15.7. The van der Waals surface area contributed by atoms with Gasteiger partial charge in [-0.15, -0.1) is 0 Å². The number of piperidine rings is 1. The van der Waals surface area contributed by atoms with E-state index in [0.717, 1.165) is 49.7 Å². The first kappa shape index (κ1) is 30.9. The van der Waals surface area contributed by atoms with Gasteiger partial charge in [-0.2, -0.15) is 0 Å². The molecule has 2 heterocycles. The Morgan fingerprint density at radius 2 is 1.58 bits per heavy atom. The lowest BCUT2D eigenvalue weighted by atomic mass is 9.86. The lowest BCUT2D eigenvalue weighted by molar-refractivity contribution is -0.120. The normalized spacial score (nSPS) is 21.3. The topological polar surface area (TPSA) is 125 Å². The fourth-order valence-corrected chi connectivity index (χ4v) is 6.06. The number of aliphatic hydroxyl groups excluding tert-OH is 1. The Morgan fingerprint density at radius 1 is 0.953 bits per heavy atom. The first-order chi connectivity index (χ1) is 20.6. The Kier molecular flexibility index (Phi) is 9.64. The Balaban J connectivity index is 1.14. The van der Waals surface area contributed by atoms with E-state index in [1.165, 1.54) is 0 Å². The van der Waals surface area contributed by atoms with E-state index in [0.29, 0.717) is 43.9 Å². The predicted octanol–water partition coefficient (Wildman–Crippen LogP) is 4.36. The number of ether oxygens (including phenoxy) is 1. The van der Waals surface area contributed by atoms with Crippen LogP contribution in [0.1, 0.15) is 88.1 Å². The van der Waals surface area contributed by atoms with Gasteiger partial charge in [0.05, 0.1) is 18.1 Å². The number of likely N-dealkylation sites (tertiary alicyclic amines) is 1. The third-order valence-electron chi connectivity index (χ3n) is 8.59. The molecule has 1 aromatic carbocycles. The minimum Gasteiger partial charge on any atom is -0.444 e. The SMILES string of the molecule is CC(C)(C)OC(=O)N1CCC(N(C(=O)c2cnc(-c3ccc(CC(=O)NCC4CCCCC4O)cc3)nc2)C2CC2)CC1. The van der Waals surface area contributed by atoms with Crippen LogP contribution in [0.25, 0.3) is 11.4 Å². The average molecular weight is 592 g/mol. The van der Waals surface area contributed by atoms with E-state index in [1.54, 1.807) is 17.3 Å². The fraction of sp³-hybridized carbons (Fsp3) is 0.606. The van der Waals surface area contributed by atoms with E-state index in [9.17, 15) is 19.5 Å². The first-order valence-electron chi connectivity index (χ1n) is 15.7. The summed E-state index contributed by atoms with van der Waals surface area (Å²) < 4.78 is 5.52. The van der Waals surface area contributed by atoms with Crippen LogP contribution in [0.2, 0.25) is 0 Å². The number of hydrogen-bond acceptors (Lipinski definition) is 7. The van der Waals surface area contributed by atoms with Gasteiger partial charge in [-0.1, -0.05) is 37.1 Å². The molecule has 0 spiro atoms. The molecule has 1 aliphatic heterocycles. The number of hydrogen-bond donors (Lipinski definition) is 2. The van der Waals surface area contributed by atoms with Gasteiger partial charge in [-0.05, 0) is 64.9 Å². The molecule has 3 fully saturated rings. The molecule has 0 bridgehead atoms. The van der Waals surface area contributed by atoms with Crippen molar-refractivity contribution in [1.82, 2.24) is 25.1 Å². The number of carbonyl (C=O) groups is 3. The van der Waals surface area contributed by atoms with E-state index in [4.69, 9.17) is 4.74 Å². The number of aliphatic hydroxyl groups is 1. The monoisotopic (exact) mass is 591 g/mol. The molecule has 1 saturated heterocycles. The van der Waals surface area contributed by atoms with Crippen LogP contribution in [0.5, 0.6) is 0 Å². The molecule has 2 atom stereocenters. The molecule has 2 aromatic rings.